The number of ether oxygens (including phenoxy) is 1. The molecular weight excluding hydrogens is 254 g/mol. The van der Waals surface area contributed by atoms with E-state index in [1.165, 1.54) is 0 Å². The molecule has 0 spiro atoms. The van der Waals surface area contributed by atoms with Crippen molar-refractivity contribution in [2.45, 2.75) is 20.3 Å². The Labute approximate surface area is 121 Å². The topological polar surface area (TPSA) is 67.6 Å². The Bertz CT molecular complexity index is 406. The number of carbonyl (C=O) groups excluding carboxylic acids is 1. The van der Waals surface area contributed by atoms with E-state index in [0.717, 1.165) is 18.7 Å². The third kappa shape index (κ3) is 5.48. The molecule has 3 N–H and O–H groups in total. The molecule has 0 saturated heterocycles. The first-order valence-electron chi connectivity index (χ1n) is 7.15. The zero-order valence-electron chi connectivity index (χ0n) is 12.4. The van der Waals surface area contributed by atoms with Gasteiger partial charge in [0, 0.05) is 31.4 Å². The fraction of sp³-hybridized carbons (Fsp3) is 0.533. The van der Waals surface area contributed by atoms with Gasteiger partial charge in [-0.05, 0) is 38.9 Å². The largest absolute Gasteiger partial charge is 0.484 e. The Morgan fingerprint density at radius 3 is 2.75 bits per heavy atom. The highest BCUT2D eigenvalue weighted by molar-refractivity contribution is 5.77. The van der Waals surface area contributed by atoms with E-state index in [-0.39, 0.29) is 12.5 Å². The fourth-order valence-corrected chi connectivity index (χ4v) is 1.84. The van der Waals surface area contributed by atoms with Gasteiger partial charge in [0.05, 0.1) is 0 Å². The van der Waals surface area contributed by atoms with Gasteiger partial charge in [0.2, 0.25) is 0 Å². The van der Waals surface area contributed by atoms with E-state index >= 15 is 0 Å². The maximum Gasteiger partial charge on any atom is 0.260 e. The number of nitrogens with zero attached hydrogens (tertiary/aromatic N) is 1. The van der Waals surface area contributed by atoms with E-state index in [9.17, 15) is 4.79 Å². The fourth-order valence-electron chi connectivity index (χ4n) is 1.84. The second kappa shape index (κ2) is 9.20. The van der Waals surface area contributed by atoms with Crippen molar-refractivity contribution in [1.82, 2.24) is 4.90 Å². The average Bonchev–Trinajstić information content (AvgIpc) is 2.47. The maximum absolute atomic E-state index is 11.8. The first-order chi connectivity index (χ1) is 9.71. The van der Waals surface area contributed by atoms with E-state index in [1.807, 2.05) is 38.1 Å². The van der Waals surface area contributed by atoms with Crippen LogP contribution in [0.5, 0.6) is 5.75 Å². The molecule has 20 heavy (non-hydrogen) atoms. The van der Waals surface area contributed by atoms with Crippen LogP contribution in [0.3, 0.4) is 0 Å². The minimum absolute atomic E-state index is 0.0106. The SMILES string of the molecule is CCN(CC)C(=O)COc1cccc(NCCCN)c1. The van der Waals surface area contributed by atoms with Crippen molar-refractivity contribution in [2.24, 2.45) is 5.73 Å². The standard InChI is InChI=1S/C15H25N3O2/c1-3-18(4-2)15(19)12-20-14-8-5-7-13(11-14)17-10-6-9-16/h5,7-8,11,17H,3-4,6,9-10,12,16H2,1-2H3. The summed E-state index contributed by atoms with van der Waals surface area (Å²) in [4.78, 5) is 13.6. The molecule has 0 aliphatic heterocycles. The van der Waals surface area contributed by atoms with Crippen LogP contribution in [-0.4, -0.2) is 43.6 Å². The van der Waals surface area contributed by atoms with Gasteiger partial charge in [0.1, 0.15) is 5.75 Å². The summed E-state index contributed by atoms with van der Waals surface area (Å²) in [6, 6.07) is 7.62. The Morgan fingerprint density at radius 2 is 2.10 bits per heavy atom. The average molecular weight is 279 g/mol. The van der Waals surface area contributed by atoms with Crippen LogP contribution in [0, 0.1) is 0 Å². The summed E-state index contributed by atoms with van der Waals surface area (Å²) in [5, 5.41) is 3.26. The monoisotopic (exact) mass is 279 g/mol. The molecule has 0 bridgehead atoms. The van der Waals surface area contributed by atoms with Crippen LogP contribution in [0.4, 0.5) is 5.69 Å². The van der Waals surface area contributed by atoms with Crippen molar-refractivity contribution in [3.8, 4) is 5.75 Å². The molecule has 112 valence electrons. The van der Waals surface area contributed by atoms with E-state index in [4.69, 9.17) is 10.5 Å². The van der Waals surface area contributed by atoms with Gasteiger partial charge >= 0.3 is 0 Å². The maximum atomic E-state index is 11.8. The number of likely N-dealkylation sites (N-methyl/N-ethyl adjacent to an activating group) is 1. The van der Waals surface area contributed by atoms with Crippen molar-refractivity contribution in [1.29, 1.82) is 0 Å². The highest BCUT2D eigenvalue weighted by Gasteiger charge is 2.10. The van der Waals surface area contributed by atoms with Crippen LogP contribution < -0.4 is 15.8 Å². The van der Waals surface area contributed by atoms with Crippen molar-refractivity contribution < 1.29 is 9.53 Å². The summed E-state index contributed by atoms with van der Waals surface area (Å²) in [5.74, 6) is 0.708. The number of nitrogens with two attached hydrogens (primary N) is 1. The predicted octanol–water partition coefficient (Wildman–Crippen LogP) is 1.69. The lowest BCUT2D eigenvalue weighted by molar-refractivity contribution is -0.132. The molecule has 0 atom stereocenters. The summed E-state index contributed by atoms with van der Waals surface area (Å²) in [6.07, 6.45) is 0.922. The normalized spacial score (nSPS) is 10.2. The molecule has 0 radical (unpaired) electrons. The number of anilines is 1. The molecule has 0 heterocycles. The number of rotatable bonds is 9. The highest BCUT2D eigenvalue weighted by Crippen LogP contribution is 2.17. The summed E-state index contributed by atoms with van der Waals surface area (Å²) in [6.45, 7) is 6.92. The lowest BCUT2D eigenvalue weighted by Crippen LogP contribution is -2.34. The molecule has 0 saturated carbocycles. The Morgan fingerprint density at radius 1 is 1.35 bits per heavy atom. The molecule has 0 aromatic heterocycles. The minimum atomic E-state index is 0.0106. The molecule has 1 amide bonds. The Balaban J connectivity index is 2.47. The predicted molar refractivity (Wildman–Crippen MR) is 82.0 cm³/mol. The van der Waals surface area contributed by atoms with Crippen LogP contribution in [-0.2, 0) is 4.79 Å². The molecule has 0 aliphatic rings. The van der Waals surface area contributed by atoms with Crippen LogP contribution in [0.1, 0.15) is 20.3 Å². The number of hydrogen-bond donors (Lipinski definition) is 2. The third-order valence-electron chi connectivity index (χ3n) is 3.02. The molecule has 0 aliphatic carbocycles. The highest BCUT2D eigenvalue weighted by atomic mass is 16.5. The van der Waals surface area contributed by atoms with Crippen molar-refractivity contribution in [3.63, 3.8) is 0 Å². The second-order valence-electron chi connectivity index (χ2n) is 4.45. The second-order valence-corrected chi connectivity index (χ2v) is 4.45. The Hall–Kier alpha value is -1.75. The third-order valence-corrected chi connectivity index (χ3v) is 3.02. The summed E-state index contributed by atoms with van der Waals surface area (Å²) in [7, 11) is 0. The number of nitrogens with one attached hydrogen (secondary N) is 1. The van der Waals surface area contributed by atoms with Gasteiger partial charge in [0.25, 0.3) is 5.91 Å². The molecule has 1 aromatic rings. The number of benzene rings is 1. The quantitative estimate of drug-likeness (QED) is 0.675. The van der Waals surface area contributed by atoms with Crippen LogP contribution in [0.2, 0.25) is 0 Å². The van der Waals surface area contributed by atoms with Crippen LogP contribution in [0.25, 0.3) is 0 Å². The molecule has 5 heteroatoms. The van der Waals surface area contributed by atoms with Gasteiger partial charge in [-0.3, -0.25) is 4.79 Å². The van der Waals surface area contributed by atoms with Crippen molar-refractivity contribution >= 4 is 11.6 Å². The number of carbonyl (C=O) groups is 1. The molecule has 0 fully saturated rings. The molecule has 1 rings (SSSR count). The van der Waals surface area contributed by atoms with E-state index in [1.54, 1.807) is 4.90 Å². The van der Waals surface area contributed by atoms with Gasteiger partial charge < -0.3 is 20.7 Å². The smallest absolute Gasteiger partial charge is 0.260 e. The zero-order valence-corrected chi connectivity index (χ0v) is 12.4. The van der Waals surface area contributed by atoms with Gasteiger partial charge in [-0.2, -0.15) is 0 Å². The van der Waals surface area contributed by atoms with Crippen LogP contribution in [0.15, 0.2) is 24.3 Å². The van der Waals surface area contributed by atoms with Gasteiger partial charge in [0.15, 0.2) is 6.61 Å². The summed E-state index contributed by atoms with van der Waals surface area (Å²) in [5.41, 5.74) is 6.43. The lowest BCUT2D eigenvalue weighted by Gasteiger charge is -2.18. The summed E-state index contributed by atoms with van der Waals surface area (Å²) < 4.78 is 5.54. The minimum Gasteiger partial charge on any atom is -0.484 e. The molecule has 5 nitrogen and oxygen atoms in total. The van der Waals surface area contributed by atoms with Crippen molar-refractivity contribution in [2.75, 3.05) is 38.1 Å². The zero-order chi connectivity index (χ0) is 14.8. The number of hydrogen-bond acceptors (Lipinski definition) is 4. The van der Waals surface area contributed by atoms with Gasteiger partial charge in [-0.25, -0.2) is 0 Å². The van der Waals surface area contributed by atoms with E-state index in [0.29, 0.717) is 25.4 Å². The first-order valence-corrected chi connectivity index (χ1v) is 7.15. The Kier molecular flexibility index (Phi) is 7.50. The summed E-state index contributed by atoms with van der Waals surface area (Å²) >= 11 is 0. The van der Waals surface area contributed by atoms with Crippen LogP contribution >= 0.6 is 0 Å². The van der Waals surface area contributed by atoms with E-state index in [2.05, 4.69) is 5.32 Å². The van der Waals surface area contributed by atoms with E-state index < -0.39 is 0 Å². The lowest BCUT2D eigenvalue weighted by atomic mass is 10.3. The molecule has 1 aromatic carbocycles. The first kappa shape index (κ1) is 16.3. The number of amides is 1. The van der Waals surface area contributed by atoms with Crippen molar-refractivity contribution in [3.05, 3.63) is 24.3 Å². The molecule has 0 unspecified atom stereocenters. The van der Waals surface area contributed by atoms with Gasteiger partial charge in [-0.15, -0.1) is 0 Å². The molecular formula is C15H25N3O2. The van der Waals surface area contributed by atoms with Gasteiger partial charge in [-0.1, -0.05) is 6.07 Å².